The third-order valence-corrected chi connectivity index (χ3v) is 5.65. The SMILES string of the molecule is COc1ccc(-c2nc(C[NH+](C)CC(=O)Nc3cccc(C)c3C)cs2)cc1. The van der Waals surface area contributed by atoms with Gasteiger partial charge < -0.3 is 15.0 Å². The minimum Gasteiger partial charge on any atom is -0.497 e. The number of carbonyl (C=O) groups is 1. The van der Waals surface area contributed by atoms with Crippen molar-refractivity contribution >= 4 is 22.9 Å². The Bertz CT molecular complexity index is 951. The molecule has 0 fully saturated rings. The fourth-order valence-corrected chi connectivity index (χ4v) is 3.81. The molecular formula is C22H26N3O2S+. The van der Waals surface area contributed by atoms with Crippen LogP contribution in [0.4, 0.5) is 5.69 Å². The van der Waals surface area contributed by atoms with Crippen molar-refractivity contribution in [3.63, 3.8) is 0 Å². The number of nitrogens with zero attached hydrogens (tertiary/aromatic N) is 1. The predicted octanol–water partition coefficient (Wildman–Crippen LogP) is 3.09. The molecule has 0 saturated heterocycles. The van der Waals surface area contributed by atoms with Crippen molar-refractivity contribution in [2.45, 2.75) is 20.4 Å². The maximum Gasteiger partial charge on any atom is 0.279 e. The van der Waals surface area contributed by atoms with E-state index in [4.69, 9.17) is 9.72 Å². The third kappa shape index (κ3) is 4.97. The number of hydrogen-bond acceptors (Lipinski definition) is 4. The topological polar surface area (TPSA) is 55.7 Å². The maximum atomic E-state index is 12.4. The Morgan fingerprint density at radius 1 is 1.18 bits per heavy atom. The normalized spacial score (nSPS) is 11.9. The van der Waals surface area contributed by atoms with Gasteiger partial charge in [0.25, 0.3) is 5.91 Å². The quantitative estimate of drug-likeness (QED) is 0.645. The van der Waals surface area contributed by atoms with Gasteiger partial charge in [-0.25, -0.2) is 4.98 Å². The fraction of sp³-hybridized carbons (Fsp3) is 0.273. The monoisotopic (exact) mass is 396 g/mol. The summed E-state index contributed by atoms with van der Waals surface area (Å²) in [4.78, 5) is 18.2. The Balaban J connectivity index is 1.57. The van der Waals surface area contributed by atoms with Crippen molar-refractivity contribution in [2.24, 2.45) is 0 Å². The molecule has 2 aromatic carbocycles. The van der Waals surface area contributed by atoms with Gasteiger partial charge in [-0.15, -0.1) is 11.3 Å². The first-order valence-corrected chi connectivity index (χ1v) is 10.1. The number of ether oxygens (including phenoxy) is 1. The van der Waals surface area contributed by atoms with Gasteiger partial charge in [-0.3, -0.25) is 4.79 Å². The van der Waals surface area contributed by atoms with E-state index < -0.39 is 0 Å². The van der Waals surface area contributed by atoms with Gasteiger partial charge >= 0.3 is 0 Å². The summed E-state index contributed by atoms with van der Waals surface area (Å²) in [6.45, 7) is 5.16. The first kappa shape index (κ1) is 20.0. The minimum absolute atomic E-state index is 0.0109. The molecule has 1 unspecified atom stereocenters. The molecule has 0 aliphatic heterocycles. The van der Waals surface area contributed by atoms with Crippen molar-refractivity contribution in [3.8, 4) is 16.3 Å². The number of benzene rings is 2. The van der Waals surface area contributed by atoms with Gasteiger partial charge in [0.1, 0.15) is 23.0 Å². The van der Waals surface area contributed by atoms with Gasteiger partial charge in [0.05, 0.1) is 14.2 Å². The van der Waals surface area contributed by atoms with Crippen molar-refractivity contribution in [3.05, 3.63) is 64.7 Å². The molecule has 3 aromatic rings. The number of aryl methyl sites for hydroxylation is 1. The summed E-state index contributed by atoms with van der Waals surface area (Å²) >= 11 is 1.62. The van der Waals surface area contributed by atoms with Crippen LogP contribution in [0.15, 0.2) is 47.8 Å². The van der Waals surface area contributed by atoms with Gasteiger partial charge in [0.15, 0.2) is 6.54 Å². The van der Waals surface area contributed by atoms with Crippen molar-refractivity contribution in [2.75, 3.05) is 26.0 Å². The van der Waals surface area contributed by atoms with E-state index in [0.717, 1.165) is 38.2 Å². The van der Waals surface area contributed by atoms with Crippen molar-refractivity contribution in [1.29, 1.82) is 0 Å². The minimum atomic E-state index is 0.0109. The number of rotatable bonds is 7. The molecule has 1 aromatic heterocycles. The summed E-state index contributed by atoms with van der Waals surface area (Å²) in [6.07, 6.45) is 0. The van der Waals surface area contributed by atoms with Crippen LogP contribution in [0.5, 0.6) is 5.75 Å². The molecule has 1 heterocycles. The Morgan fingerprint density at radius 3 is 2.64 bits per heavy atom. The standard InChI is InChI=1S/C22H25N3O2S/c1-15-6-5-7-20(16(15)2)24-21(26)13-25(3)12-18-14-28-22(23-18)17-8-10-19(27-4)11-9-17/h5-11,14H,12-13H2,1-4H3,(H,24,26)/p+1. The Morgan fingerprint density at radius 2 is 1.93 bits per heavy atom. The summed E-state index contributed by atoms with van der Waals surface area (Å²) in [5, 5.41) is 6.06. The summed E-state index contributed by atoms with van der Waals surface area (Å²) in [5.74, 6) is 0.844. The smallest absolute Gasteiger partial charge is 0.279 e. The lowest BCUT2D eigenvalue weighted by atomic mass is 10.1. The van der Waals surface area contributed by atoms with E-state index in [0.29, 0.717) is 13.1 Å². The van der Waals surface area contributed by atoms with E-state index in [9.17, 15) is 4.79 Å². The average molecular weight is 397 g/mol. The zero-order valence-electron chi connectivity index (χ0n) is 16.7. The first-order chi connectivity index (χ1) is 13.5. The highest BCUT2D eigenvalue weighted by molar-refractivity contribution is 7.13. The highest BCUT2D eigenvalue weighted by atomic mass is 32.1. The Labute approximate surface area is 170 Å². The molecule has 0 aliphatic carbocycles. The zero-order chi connectivity index (χ0) is 20.1. The van der Waals surface area contributed by atoms with Crippen LogP contribution in [0.2, 0.25) is 0 Å². The number of anilines is 1. The second-order valence-corrected chi connectivity index (χ2v) is 7.84. The predicted molar refractivity (Wildman–Crippen MR) is 114 cm³/mol. The number of amides is 1. The van der Waals surface area contributed by atoms with Crippen LogP contribution in [0.3, 0.4) is 0 Å². The summed E-state index contributed by atoms with van der Waals surface area (Å²) < 4.78 is 5.20. The molecule has 0 radical (unpaired) electrons. The number of aromatic nitrogens is 1. The number of methoxy groups -OCH3 is 1. The Kier molecular flexibility index (Phi) is 6.44. The van der Waals surface area contributed by atoms with E-state index in [2.05, 4.69) is 10.7 Å². The van der Waals surface area contributed by atoms with Crippen LogP contribution in [-0.4, -0.2) is 31.6 Å². The van der Waals surface area contributed by atoms with Gasteiger partial charge in [-0.1, -0.05) is 12.1 Å². The van der Waals surface area contributed by atoms with Crippen LogP contribution >= 0.6 is 11.3 Å². The number of hydrogen-bond donors (Lipinski definition) is 2. The van der Waals surface area contributed by atoms with Crippen LogP contribution < -0.4 is 15.0 Å². The molecule has 6 heteroatoms. The summed E-state index contributed by atoms with van der Waals surface area (Å²) in [6, 6.07) is 13.8. The average Bonchev–Trinajstić information content (AvgIpc) is 3.13. The molecule has 0 bridgehead atoms. The van der Waals surface area contributed by atoms with Crippen LogP contribution in [-0.2, 0) is 11.3 Å². The van der Waals surface area contributed by atoms with E-state index in [1.54, 1.807) is 18.4 Å². The van der Waals surface area contributed by atoms with Crippen LogP contribution in [0.1, 0.15) is 16.8 Å². The number of likely N-dealkylation sites (N-methyl/N-ethyl adjacent to an activating group) is 1. The highest BCUT2D eigenvalue weighted by Gasteiger charge is 2.14. The van der Waals surface area contributed by atoms with Crippen molar-refractivity contribution in [1.82, 2.24) is 4.98 Å². The third-order valence-electron chi connectivity index (χ3n) is 4.71. The van der Waals surface area contributed by atoms with E-state index >= 15 is 0 Å². The number of nitrogens with one attached hydrogen (secondary N) is 2. The first-order valence-electron chi connectivity index (χ1n) is 9.22. The van der Waals surface area contributed by atoms with Gasteiger partial charge in [0, 0.05) is 16.6 Å². The van der Waals surface area contributed by atoms with E-state index in [-0.39, 0.29) is 5.91 Å². The van der Waals surface area contributed by atoms with Crippen LogP contribution in [0.25, 0.3) is 10.6 Å². The molecule has 1 amide bonds. The number of carbonyl (C=O) groups excluding carboxylic acids is 1. The molecule has 0 spiro atoms. The second kappa shape index (κ2) is 8.99. The molecule has 2 N–H and O–H groups in total. The maximum absolute atomic E-state index is 12.4. The Hall–Kier alpha value is -2.70. The van der Waals surface area contributed by atoms with Gasteiger partial charge in [-0.2, -0.15) is 0 Å². The molecule has 28 heavy (non-hydrogen) atoms. The lowest BCUT2D eigenvalue weighted by molar-refractivity contribution is -0.885. The fourth-order valence-electron chi connectivity index (χ4n) is 2.98. The molecule has 5 nitrogen and oxygen atoms in total. The molecule has 0 aliphatic rings. The largest absolute Gasteiger partial charge is 0.497 e. The van der Waals surface area contributed by atoms with E-state index in [1.807, 2.05) is 63.4 Å². The second-order valence-electron chi connectivity index (χ2n) is 6.98. The zero-order valence-corrected chi connectivity index (χ0v) is 17.5. The van der Waals surface area contributed by atoms with Crippen molar-refractivity contribution < 1.29 is 14.4 Å². The van der Waals surface area contributed by atoms with Gasteiger partial charge in [0.2, 0.25) is 0 Å². The highest BCUT2D eigenvalue weighted by Crippen LogP contribution is 2.25. The van der Waals surface area contributed by atoms with E-state index in [1.165, 1.54) is 5.56 Å². The lowest BCUT2D eigenvalue weighted by Gasteiger charge is -2.14. The molecule has 1 atom stereocenters. The molecular weight excluding hydrogens is 370 g/mol. The molecule has 3 rings (SSSR count). The summed E-state index contributed by atoms with van der Waals surface area (Å²) in [7, 11) is 3.67. The lowest BCUT2D eigenvalue weighted by Crippen LogP contribution is -3.08. The number of thiazole rings is 1. The number of quaternary nitrogens is 1. The summed E-state index contributed by atoms with van der Waals surface area (Å²) in [5.41, 5.74) is 5.23. The molecule has 146 valence electrons. The van der Waals surface area contributed by atoms with Crippen LogP contribution in [0, 0.1) is 13.8 Å². The van der Waals surface area contributed by atoms with Gasteiger partial charge in [-0.05, 0) is 55.3 Å². The molecule has 0 saturated carbocycles.